The van der Waals surface area contributed by atoms with Crippen molar-refractivity contribution in [3.05, 3.63) is 77.4 Å². The zero-order chi connectivity index (χ0) is 17.9. The van der Waals surface area contributed by atoms with Crippen molar-refractivity contribution < 1.29 is 14.5 Å². The van der Waals surface area contributed by atoms with Gasteiger partial charge in [-0.1, -0.05) is 64.9 Å². The molecule has 0 saturated carbocycles. The quantitative estimate of drug-likeness (QED) is 0.456. The first-order valence-electron chi connectivity index (χ1n) is 7.58. The van der Waals surface area contributed by atoms with Crippen LogP contribution in [0.5, 0.6) is 0 Å². The molecule has 128 valence electrons. The lowest BCUT2D eigenvalue weighted by Crippen LogP contribution is -2.05. The number of oxime groups is 2. The Morgan fingerprint density at radius 2 is 1.84 bits per heavy atom. The number of nitrogens with zero attached hydrogens (tertiary/aromatic N) is 2. The molecule has 0 heterocycles. The second-order valence-electron chi connectivity index (χ2n) is 4.97. The Hall–Kier alpha value is -3.41. The summed E-state index contributed by atoms with van der Waals surface area (Å²) in [7, 11) is 1.47. The summed E-state index contributed by atoms with van der Waals surface area (Å²) in [5.41, 5.74) is 8.25. The van der Waals surface area contributed by atoms with Gasteiger partial charge in [-0.25, -0.2) is 0 Å². The Bertz CT molecular complexity index is 784. The van der Waals surface area contributed by atoms with E-state index in [1.807, 2.05) is 54.6 Å². The number of primary amides is 1. The fraction of sp³-hybridized carbons (Fsp3) is 0.105. The molecule has 2 rings (SSSR count). The summed E-state index contributed by atoms with van der Waals surface area (Å²) in [5.74, 6) is -0.503. The summed E-state index contributed by atoms with van der Waals surface area (Å²) in [6, 6.07) is 17.0. The molecule has 1 amide bonds. The molecule has 6 nitrogen and oxygen atoms in total. The minimum absolute atomic E-state index is 0.241. The van der Waals surface area contributed by atoms with Gasteiger partial charge in [0, 0.05) is 11.6 Å². The first kappa shape index (κ1) is 17.9. The van der Waals surface area contributed by atoms with E-state index in [1.165, 1.54) is 19.4 Å². The molecule has 0 fully saturated rings. The van der Waals surface area contributed by atoms with E-state index >= 15 is 0 Å². The average molecular weight is 337 g/mol. The molecule has 2 aromatic carbocycles. The van der Waals surface area contributed by atoms with Crippen LogP contribution in [0.4, 0.5) is 0 Å². The third kappa shape index (κ3) is 5.95. The Morgan fingerprint density at radius 1 is 1.12 bits per heavy atom. The van der Waals surface area contributed by atoms with E-state index in [9.17, 15) is 4.79 Å². The molecule has 2 aromatic rings. The molecule has 2 N–H and O–H groups in total. The summed E-state index contributed by atoms with van der Waals surface area (Å²) < 4.78 is 0. The van der Waals surface area contributed by atoms with Crippen molar-refractivity contribution in [1.29, 1.82) is 0 Å². The molecule has 0 aliphatic carbocycles. The maximum Gasteiger partial charge on any atom is 0.241 e. The zero-order valence-corrected chi connectivity index (χ0v) is 13.8. The van der Waals surface area contributed by atoms with Gasteiger partial charge in [0.25, 0.3) is 0 Å². The lowest BCUT2D eigenvalue weighted by molar-refractivity contribution is -0.113. The number of hydrogen-bond acceptors (Lipinski definition) is 5. The number of amides is 1. The van der Waals surface area contributed by atoms with Crippen LogP contribution < -0.4 is 5.73 Å². The van der Waals surface area contributed by atoms with Gasteiger partial charge in [0.15, 0.2) is 0 Å². The molecule has 0 aliphatic heterocycles. The number of hydrogen-bond donors (Lipinski definition) is 1. The van der Waals surface area contributed by atoms with Gasteiger partial charge in [0.2, 0.25) is 5.91 Å². The summed E-state index contributed by atoms with van der Waals surface area (Å²) in [5, 5.41) is 7.88. The minimum Gasteiger partial charge on any atom is -0.399 e. The van der Waals surface area contributed by atoms with Crippen LogP contribution >= 0.6 is 0 Å². The van der Waals surface area contributed by atoms with Crippen LogP contribution in [0.2, 0.25) is 0 Å². The van der Waals surface area contributed by atoms with E-state index in [4.69, 9.17) is 15.4 Å². The molecular formula is C19H19N3O3. The lowest BCUT2D eigenvalue weighted by Gasteiger charge is -2.04. The van der Waals surface area contributed by atoms with Crippen molar-refractivity contribution in [2.45, 2.75) is 6.61 Å². The van der Waals surface area contributed by atoms with Crippen LogP contribution in [0.1, 0.15) is 16.7 Å². The molecule has 0 unspecified atom stereocenters. The molecule has 0 spiro atoms. The summed E-state index contributed by atoms with van der Waals surface area (Å²) in [4.78, 5) is 21.1. The van der Waals surface area contributed by atoms with Crippen LogP contribution in [0.3, 0.4) is 0 Å². The molecular weight excluding hydrogens is 318 g/mol. The van der Waals surface area contributed by atoms with E-state index in [0.717, 1.165) is 16.7 Å². The van der Waals surface area contributed by atoms with Crippen molar-refractivity contribution in [2.24, 2.45) is 16.0 Å². The van der Waals surface area contributed by atoms with Crippen LogP contribution in [0.15, 0.2) is 71.0 Å². The van der Waals surface area contributed by atoms with Gasteiger partial charge in [-0.15, -0.1) is 0 Å². The fourth-order valence-electron chi connectivity index (χ4n) is 2.05. The Labute approximate surface area is 146 Å². The molecule has 6 heteroatoms. The maximum absolute atomic E-state index is 10.9. The lowest BCUT2D eigenvalue weighted by atomic mass is 10.1. The molecule has 0 radical (unpaired) electrons. The second kappa shape index (κ2) is 9.67. The number of nitrogens with two attached hydrogens (primary N) is 1. The topological polar surface area (TPSA) is 86.3 Å². The van der Waals surface area contributed by atoms with Gasteiger partial charge in [0.1, 0.15) is 19.4 Å². The summed E-state index contributed by atoms with van der Waals surface area (Å²) in [6.45, 7) is 0.241. The largest absolute Gasteiger partial charge is 0.399 e. The predicted molar refractivity (Wildman–Crippen MR) is 97.9 cm³/mol. The number of benzene rings is 2. The van der Waals surface area contributed by atoms with Crippen molar-refractivity contribution in [3.63, 3.8) is 0 Å². The molecule has 0 aromatic heterocycles. The standard InChI is InChI=1S/C19H19N3O3/c1-24-22-18(16-8-3-2-4-9-16)13-21-25-14-17-10-6-5-7-15(17)11-12-19(20)23/h2-13H,14H2,1H3,(H2,20,23). The van der Waals surface area contributed by atoms with Crippen LogP contribution in [-0.2, 0) is 21.1 Å². The number of rotatable bonds is 8. The average Bonchev–Trinajstić information content (AvgIpc) is 2.64. The van der Waals surface area contributed by atoms with Gasteiger partial charge in [-0.2, -0.15) is 0 Å². The maximum atomic E-state index is 10.9. The smallest absolute Gasteiger partial charge is 0.241 e. The highest BCUT2D eigenvalue weighted by Gasteiger charge is 2.02. The number of carbonyl (C=O) groups is 1. The summed E-state index contributed by atoms with van der Waals surface area (Å²) in [6.07, 6.45) is 4.44. The monoisotopic (exact) mass is 337 g/mol. The number of carbonyl (C=O) groups excluding carboxylic acids is 1. The van der Waals surface area contributed by atoms with Gasteiger partial charge >= 0.3 is 0 Å². The van der Waals surface area contributed by atoms with Crippen molar-refractivity contribution in [2.75, 3.05) is 7.11 Å². The van der Waals surface area contributed by atoms with Crippen LogP contribution in [-0.4, -0.2) is 24.9 Å². The first-order chi connectivity index (χ1) is 12.2. The predicted octanol–water partition coefficient (Wildman–Crippen LogP) is 2.74. The Kier molecular flexibility index (Phi) is 6.94. The van der Waals surface area contributed by atoms with Crippen molar-refractivity contribution >= 4 is 23.9 Å². The highest BCUT2D eigenvalue weighted by molar-refractivity contribution is 6.37. The van der Waals surface area contributed by atoms with E-state index in [2.05, 4.69) is 10.3 Å². The van der Waals surface area contributed by atoms with Gasteiger partial charge in [-0.05, 0) is 17.2 Å². The highest BCUT2D eigenvalue weighted by atomic mass is 16.6. The van der Waals surface area contributed by atoms with Gasteiger partial charge in [-0.3, -0.25) is 4.79 Å². The van der Waals surface area contributed by atoms with Crippen LogP contribution in [0, 0.1) is 0 Å². The SMILES string of the molecule is CON=C(C=NOCc1ccccc1C=CC(N)=O)c1ccccc1. The molecule has 0 atom stereocenters. The van der Waals surface area contributed by atoms with Gasteiger partial charge in [0.05, 0.1) is 6.21 Å². The van der Waals surface area contributed by atoms with Gasteiger partial charge < -0.3 is 15.4 Å². The van der Waals surface area contributed by atoms with E-state index < -0.39 is 5.91 Å². The van der Waals surface area contributed by atoms with Crippen LogP contribution in [0.25, 0.3) is 6.08 Å². The highest BCUT2D eigenvalue weighted by Crippen LogP contribution is 2.12. The third-order valence-electron chi connectivity index (χ3n) is 3.21. The first-order valence-corrected chi connectivity index (χ1v) is 7.58. The Morgan fingerprint density at radius 3 is 2.56 bits per heavy atom. The molecule has 0 saturated heterocycles. The molecule has 0 bridgehead atoms. The van der Waals surface area contributed by atoms with Crippen molar-refractivity contribution in [1.82, 2.24) is 0 Å². The fourth-order valence-corrected chi connectivity index (χ4v) is 2.05. The normalized spacial score (nSPS) is 11.8. The third-order valence-corrected chi connectivity index (χ3v) is 3.21. The molecule has 25 heavy (non-hydrogen) atoms. The second-order valence-corrected chi connectivity index (χ2v) is 4.97. The minimum atomic E-state index is -0.503. The Balaban J connectivity index is 2.03. The van der Waals surface area contributed by atoms with E-state index in [-0.39, 0.29) is 6.61 Å². The van der Waals surface area contributed by atoms with E-state index in [1.54, 1.807) is 6.08 Å². The zero-order valence-electron chi connectivity index (χ0n) is 13.8. The van der Waals surface area contributed by atoms with E-state index in [0.29, 0.717) is 5.71 Å². The molecule has 0 aliphatic rings. The van der Waals surface area contributed by atoms with Crippen molar-refractivity contribution in [3.8, 4) is 0 Å². The summed E-state index contributed by atoms with van der Waals surface area (Å²) >= 11 is 0.